The zero-order valence-corrected chi connectivity index (χ0v) is 19.6. The number of nitrogens with zero attached hydrogens (tertiary/aromatic N) is 2. The molecule has 0 atom stereocenters. The van der Waals surface area contributed by atoms with Crippen molar-refractivity contribution in [3.8, 4) is 0 Å². The normalized spacial score (nSPS) is 10.4. The van der Waals surface area contributed by atoms with E-state index in [0.29, 0.717) is 18.5 Å². The van der Waals surface area contributed by atoms with E-state index < -0.39 is 30.4 Å². The molecule has 0 fully saturated rings. The highest BCUT2D eigenvalue weighted by molar-refractivity contribution is 7.18. The van der Waals surface area contributed by atoms with Crippen molar-refractivity contribution in [3.63, 3.8) is 0 Å². The molecule has 2 rings (SSSR count). The van der Waals surface area contributed by atoms with Crippen molar-refractivity contribution in [1.29, 1.82) is 0 Å². The Morgan fingerprint density at radius 1 is 1.00 bits per heavy atom. The lowest BCUT2D eigenvalue weighted by molar-refractivity contribution is -0.119. The van der Waals surface area contributed by atoms with Crippen LogP contribution < -0.4 is 10.9 Å². The summed E-state index contributed by atoms with van der Waals surface area (Å²) in [5.74, 6) is -2.98. The molecule has 0 aliphatic heterocycles. The number of hydrogen-bond donors (Lipinski definition) is 1. The number of aromatic nitrogens is 2. The van der Waals surface area contributed by atoms with E-state index in [1.165, 1.54) is 12.1 Å². The van der Waals surface area contributed by atoms with E-state index in [1.807, 2.05) is 6.92 Å². The molecule has 1 N–H and O–H groups in total. The average molecular weight is 480 g/mol. The lowest BCUT2D eigenvalue weighted by Gasteiger charge is -2.08. The van der Waals surface area contributed by atoms with Crippen LogP contribution in [0, 0.1) is 6.92 Å². The van der Waals surface area contributed by atoms with Crippen molar-refractivity contribution in [2.24, 2.45) is 0 Å². The third-order valence-corrected chi connectivity index (χ3v) is 5.37. The van der Waals surface area contributed by atoms with E-state index in [1.54, 1.807) is 20.8 Å². The van der Waals surface area contributed by atoms with Gasteiger partial charge < -0.3 is 19.5 Å². The molecule has 0 saturated carbocycles. The number of anilines is 1. The van der Waals surface area contributed by atoms with E-state index in [-0.39, 0.29) is 39.9 Å². The fourth-order valence-electron chi connectivity index (χ4n) is 2.74. The molecule has 0 saturated heterocycles. The van der Waals surface area contributed by atoms with Gasteiger partial charge in [0.1, 0.15) is 9.88 Å². The van der Waals surface area contributed by atoms with Gasteiger partial charge in [0.25, 0.3) is 11.5 Å². The van der Waals surface area contributed by atoms with E-state index in [2.05, 4.69) is 10.4 Å². The van der Waals surface area contributed by atoms with Gasteiger partial charge in [-0.1, -0.05) is 6.92 Å². The summed E-state index contributed by atoms with van der Waals surface area (Å²) < 4.78 is 16.1. The highest BCUT2D eigenvalue weighted by atomic mass is 32.1. The number of aryl methyl sites for hydroxylation is 1. The summed E-state index contributed by atoms with van der Waals surface area (Å²) in [6.45, 7) is 6.56. The Bertz CT molecular complexity index is 1110. The number of amides is 1. The van der Waals surface area contributed by atoms with Crippen LogP contribution in [0.3, 0.4) is 0 Å². The average Bonchev–Trinajstić information content (AvgIpc) is 3.09. The van der Waals surface area contributed by atoms with Gasteiger partial charge in [-0.2, -0.15) is 5.10 Å². The smallest absolute Gasteiger partial charge is 0.359 e. The molecule has 33 heavy (non-hydrogen) atoms. The number of carbonyl (C=O) groups is 4. The van der Waals surface area contributed by atoms with Crippen LogP contribution in [0.1, 0.15) is 63.3 Å². The topological polar surface area (TPSA) is 143 Å². The van der Waals surface area contributed by atoms with Gasteiger partial charge in [-0.05, 0) is 38.8 Å². The molecule has 0 spiro atoms. The van der Waals surface area contributed by atoms with Crippen LogP contribution in [0.5, 0.6) is 0 Å². The van der Waals surface area contributed by atoms with Crippen LogP contribution in [0.4, 0.5) is 5.00 Å². The Kier molecular flexibility index (Phi) is 9.28. The number of rotatable bonds is 10. The number of ether oxygens (including phenoxy) is 3. The van der Waals surface area contributed by atoms with Crippen molar-refractivity contribution in [2.75, 3.05) is 25.1 Å². The Morgan fingerprint density at radius 2 is 1.67 bits per heavy atom. The fraction of sp³-hybridized carbons (Fsp3) is 0.429. The summed E-state index contributed by atoms with van der Waals surface area (Å²) >= 11 is 0.858. The minimum atomic E-state index is -0.893. The van der Waals surface area contributed by atoms with Gasteiger partial charge in [0.05, 0.1) is 18.8 Å². The molecule has 0 aliphatic rings. The molecule has 0 aromatic carbocycles. The number of thiophene rings is 1. The summed E-state index contributed by atoms with van der Waals surface area (Å²) in [6.07, 6.45) is 0.643. The molecule has 0 unspecified atom stereocenters. The number of esters is 3. The lowest BCUT2D eigenvalue weighted by atomic mass is 10.1. The highest BCUT2D eigenvalue weighted by Gasteiger charge is 2.27. The Labute approximate surface area is 193 Å². The summed E-state index contributed by atoms with van der Waals surface area (Å²) in [7, 11) is 0. The SMILES string of the molecule is CCCn1nc(C(=O)OCC(=O)Nc2sc(C(=O)OCC)c(C)c2C(=O)OCC)ccc1=O. The maximum Gasteiger partial charge on any atom is 0.359 e. The zero-order chi connectivity index (χ0) is 24.5. The molecular formula is C21H25N3O8S. The van der Waals surface area contributed by atoms with Gasteiger partial charge in [-0.25, -0.2) is 19.1 Å². The van der Waals surface area contributed by atoms with Gasteiger partial charge in [0.2, 0.25) is 0 Å². The second-order valence-electron chi connectivity index (χ2n) is 6.61. The van der Waals surface area contributed by atoms with Crippen LogP contribution in [-0.2, 0) is 25.5 Å². The standard InChI is InChI=1S/C21H25N3O8S/c1-5-10-24-15(26)9-8-13(23-24)19(27)32-11-14(25)22-18-16(20(28)30-6-2)12(4)17(33-18)21(29)31-7-3/h8-9H,5-7,10-11H2,1-4H3,(H,22,25). The maximum absolute atomic E-state index is 12.4. The fourth-order valence-corrected chi connectivity index (χ4v) is 3.84. The van der Waals surface area contributed by atoms with Crippen molar-refractivity contribution in [3.05, 3.63) is 44.2 Å². The zero-order valence-electron chi connectivity index (χ0n) is 18.8. The van der Waals surface area contributed by atoms with Crippen LogP contribution in [-0.4, -0.2) is 53.4 Å². The second-order valence-corrected chi connectivity index (χ2v) is 7.63. The number of hydrogen-bond acceptors (Lipinski definition) is 10. The molecule has 1 amide bonds. The summed E-state index contributed by atoms with van der Waals surface area (Å²) in [5.41, 5.74) is -0.146. The van der Waals surface area contributed by atoms with Crippen LogP contribution >= 0.6 is 11.3 Å². The van der Waals surface area contributed by atoms with Crippen molar-refractivity contribution >= 4 is 40.2 Å². The van der Waals surface area contributed by atoms with Gasteiger partial charge in [-0.15, -0.1) is 11.3 Å². The van der Waals surface area contributed by atoms with Gasteiger partial charge in [-0.3, -0.25) is 9.59 Å². The van der Waals surface area contributed by atoms with E-state index in [4.69, 9.17) is 14.2 Å². The number of carbonyl (C=O) groups excluding carboxylic acids is 4. The summed E-state index contributed by atoms with van der Waals surface area (Å²) in [4.78, 5) is 61.1. The molecule has 12 heteroatoms. The van der Waals surface area contributed by atoms with E-state index in [0.717, 1.165) is 16.0 Å². The third-order valence-electron chi connectivity index (χ3n) is 4.19. The van der Waals surface area contributed by atoms with Crippen LogP contribution in [0.2, 0.25) is 0 Å². The molecule has 0 bridgehead atoms. The van der Waals surface area contributed by atoms with Crippen molar-refractivity contribution in [2.45, 2.75) is 40.7 Å². The molecule has 2 aromatic heterocycles. The number of nitrogens with one attached hydrogen (secondary N) is 1. The molecule has 11 nitrogen and oxygen atoms in total. The molecular weight excluding hydrogens is 454 g/mol. The van der Waals surface area contributed by atoms with Crippen LogP contribution in [0.15, 0.2) is 16.9 Å². The minimum Gasteiger partial charge on any atom is -0.462 e. The van der Waals surface area contributed by atoms with Crippen molar-refractivity contribution in [1.82, 2.24) is 9.78 Å². The maximum atomic E-state index is 12.4. The van der Waals surface area contributed by atoms with Crippen LogP contribution in [0.25, 0.3) is 0 Å². The first-order valence-electron chi connectivity index (χ1n) is 10.3. The van der Waals surface area contributed by atoms with E-state index in [9.17, 15) is 24.0 Å². The monoisotopic (exact) mass is 479 g/mol. The first-order chi connectivity index (χ1) is 15.7. The third kappa shape index (κ3) is 6.48. The van der Waals surface area contributed by atoms with Gasteiger partial charge in [0, 0.05) is 12.6 Å². The molecule has 178 valence electrons. The largest absolute Gasteiger partial charge is 0.462 e. The van der Waals surface area contributed by atoms with E-state index >= 15 is 0 Å². The molecule has 0 radical (unpaired) electrons. The first kappa shape index (κ1) is 25.7. The van der Waals surface area contributed by atoms with Crippen molar-refractivity contribution < 1.29 is 33.4 Å². The predicted molar refractivity (Wildman–Crippen MR) is 119 cm³/mol. The Hall–Kier alpha value is -3.54. The Morgan fingerprint density at radius 3 is 2.30 bits per heavy atom. The highest BCUT2D eigenvalue weighted by Crippen LogP contribution is 2.34. The Balaban J connectivity index is 2.15. The minimum absolute atomic E-state index is 0.0258. The van der Waals surface area contributed by atoms with Gasteiger partial charge >= 0.3 is 17.9 Å². The lowest BCUT2D eigenvalue weighted by Crippen LogP contribution is -2.26. The quantitative estimate of drug-likeness (QED) is 0.400. The summed E-state index contributed by atoms with van der Waals surface area (Å²) in [6, 6.07) is 2.40. The molecule has 2 heterocycles. The molecule has 2 aromatic rings. The first-order valence-corrected chi connectivity index (χ1v) is 11.1. The second kappa shape index (κ2) is 11.9. The summed E-state index contributed by atoms with van der Waals surface area (Å²) in [5, 5.41) is 6.47. The predicted octanol–water partition coefficient (Wildman–Crippen LogP) is 2.17. The van der Waals surface area contributed by atoms with Gasteiger partial charge in [0.15, 0.2) is 12.3 Å². The molecule has 0 aliphatic carbocycles.